The van der Waals surface area contributed by atoms with E-state index in [4.69, 9.17) is 9.47 Å². The van der Waals surface area contributed by atoms with Crippen LogP contribution in [0.3, 0.4) is 0 Å². The standard InChI is InChI=1S/C16H11NO3/c18-16-12-4-2-1-3-11(12)13(17-16)7-10-5-6-14-15(8-10)20-9-19-14/h1-8H,9H2,(H,17,18)/b13-7-. The average molecular weight is 265 g/mol. The Balaban J connectivity index is 1.77. The molecule has 2 aliphatic rings. The molecule has 4 nitrogen and oxygen atoms in total. The van der Waals surface area contributed by atoms with Crippen LogP contribution >= 0.6 is 0 Å². The lowest BCUT2D eigenvalue weighted by atomic mass is 10.1. The van der Waals surface area contributed by atoms with E-state index < -0.39 is 0 Å². The van der Waals surface area contributed by atoms with Crippen LogP contribution in [-0.4, -0.2) is 12.7 Å². The Morgan fingerprint density at radius 1 is 1.00 bits per heavy atom. The average Bonchev–Trinajstić information content (AvgIpc) is 3.05. The molecular formula is C16H11NO3. The van der Waals surface area contributed by atoms with E-state index >= 15 is 0 Å². The molecule has 2 heterocycles. The first-order valence-electron chi connectivity index (χ1n) is 6.33. The van der Waals surface area contributed by atoms with Crippen LogP contribution in [0.25, 0.3) is 11.8 Å². The molecule has 98 valence electrons. The van der Waals surface area contributed by atoms with E-state index in [-0.39, 0.29) is 12.7 Å². The molecule has 4 heteroatoms. The van der Waals surface area contributed by atoms with Crippen molar-refractivity contribution in [3.63, 3.8) is 0 Å². The van der Waals surface area contributed by atoms with Gasteiger partial charge in [-0.2, -0.15) is 0 Å². The van der Waals surface area contributed by atoms with E-state index in [1.165, 1.54) is 0 Å². The van der Waals surface area contributed by atoms with Crippen molar-refractivity contribution in [1.82, 2.24) is 5.32 Å². The van der Waals surface area contributed by atoms with Gasteiger partial charge in [0, 0.05) is 16.8 Å². The van der Waals surface area contributed by atoms with Gasteiger partial charge in [-0.05, 0) is 29.8 Å². The third-order valence-corrected chi connectivity index (χ3v) is 3.42. The molecule has 0 unspecified atom stereocenters. The summed E-state index contributed by atoms with van der Waals surface area (Å²) in [6.45, 7) is 0.259. The Bertz CT molecular complexity index is 749. The van der Waals surface area contributed by atoms with Crippen molar-refractivity contribution in [2.75, 3.05) is 6.79 Å². The topological polar surface area (TPSA) is 47.6 Å². The number of fused-ring (bicyclic) bond motifs is 2. The predicted octanol–water partition coefficient (Wildman–Crippen LogP) is 2.66. The SMILES string of the molecule is O=C1N/C(=C\c2ccc3c(c2)OCO3)c2ccccc21. The van der Waals surface area contributed by atoms with Crippen molar-refractivity contribution in [3.05, 3.63) is 59.2 Å². The third kappa shape index (κ3) is 1.66. The molecule has 0 saturated heterocycles. The fourth-order valence-electron chi connectivity index (χ4n) is 2.46. The predicted molar refractivity (Wildman–Crippen MR) is 74.3 cm³/mol. The molecule has 0 bridgehead atoms. The Labute approximate surface area is 115 Å². The number of ether oxygens (including phenoxy) is 2. The van der Waals surface area contributed by atoms with E-state index in [9.17, 15) is 4.79 Å². The minimum absolute atomic E-state index is 0.0624. The van der Waals surface area contributed by atoms with Gasteiger partial charge in [0.25, 0.3) is 5.91 Å². The quantitative estimate of drug-likeness (QED) is 0.862. The number of hydrogen-bond donors (Lipinski definition) is 1. The summed E-state index contributed by atoms with van der Waals surface area (Å²) in [6.07, 6.45) is 1.94. The fourth-order valence-corrected chi connectivity index (χ4v) is 2.46. The maximum atomic E-state index is 11.9. The van der Waals surface area contributed by atoms with Gasteiger partial charge in [-0.3, -0.25) is 4.79 Å². The van der Waals surface area contributed by atoms with E-state index in [2.05, 4.69) is 5.32 Å². The molecule has 0 radical (unpaired) electrons. The number of carbonyl (C=O) groups is 1. The van der Waals surface area contributed by atoms with Crippen LogP contribution in [0, 0.1) is 0 Å². The van der Waals surface area contributed by atoms with Gasteiger partial charge in [0.05, 0.1) is 0 Å². The van der Waals surface area contributed by atoms with E-state index in [1.807, 2.05) is 48.5 Å². The first kappa shape index (κ1) is 11.1. The summed E-state index contributed by atoms with van der Waals surface area (Å²) in [6, 6.07) is 13.3. The second-order valence-electron chi connectivity index (χ2n) is 4.67. The highest BCUT2D eigenvalue weighted by Crippen LogP contribution is 2.34. The third-order valence-electron chi connectivity index (χ3n) is 3.42. The van der Waals surface area contributed by atoms with Crippen LogP contribution in [0.5, 0.6) is 11.5 Å². The first-order valence-corrected chi connectivity index (χ1v) is 6.33. The van der Waals surface area contributed by atoms with Gasteiger partial charge < -0.3 is 14.8 Å². The lowest BCUT2D eigenvalue weighted by Gasteiger charge is -2.02. The lowest BCUT2D eigenvalue weighted by Crippen LogP contribution is -2.11. The molecule has 0 aliphatic carbocycles. The van der Waals surface area contributed by atoms with Gasteiger partial charge in [-0.15, -0.1) is 0 Å². The number of carbonyl (C=O) groups excluding carboxylic acids is 1. The molecule has 1 N–H and O–H groups in total. The Morgan fingerprint density at radius 3 is 2.70 bits per heavy atom. The molecule has 2 aromatic carbocycles. The molecule has 2 aromatic rings. The molecule has 1 amide bonds. The van der Waals surface area contributed by atoms with Crippen molar-refractivity contribution in [1.29, 1.82) is 0 Å². The summed E-state index contributed by atoms with van der Waals surface area (Å²) in [4.78, 5) is 11.9. The lowest BCUT2D eigenvalue weighted by molar-refractivity contribution is 0.0981. The number of hydrogen-bond acceptors (Lipinski definition) is 3. The summed E-state index contributed by atoms with van der Waals surface area (Å²) in [5.41, 5.74) is 3.40. The largest absolute Gasteiger partial charge is 0.454 e. The van der Waals surface area contributed by atoms with Crippen molar-refractivity contribution in [2.45, 2.75) is 0 Å². The smallest absolute Gasteiger partial charge is 0.256 e. The molecular weight excluding hydrogens is 254 g/mol. The fraction of sp³-hybridized carbons (Fsp3) is 0.0625. The molecule has 0 saturated carbocycles. The van der Waals surface area contributed by atoms with Gasteiger partial charge in [-0.25, -0.2) is 0 Å². The first-order chi connectivity index (χ1) is 9.81. The highest BCUT2D eigenvalue weighted by molar-refractivity contribution is 6.11. The summed E-state index contributed by atoms with van der Waals surface area (Å²) >= 11 is 0. The van der Waals surface area contributed by atoms with Gasteiger partial charge >= 0.3 is 0 Å². The molecule has 0 aromatic heterocycles. The molecule has 20 heavy (non-hydrogen) atoms. The Morgan fingerprint density at radius 2 is 1.80 bits per heavy atom. The molecule has 0 atom stereocenters. The summed E-state index contributed by atoms with van der Waals surface area (Å²) < 4.78 is 10.6. The number of rotatable bonds is 1. The van der Waals surface area contributed by atoms with Crippen LogP contribution in [0.1, 0.15) is 21.5 Å². The highest BCUT2D eigenvalue weighted by atomic mass is 16.7. The molecule has 2 aliphatic heterocycles. The summed E-state index contributed by atoms with van der Waals surface area (Å²) in [7, 11) is 0. The molecule has 0 spiro atoms. The van der Waals surface area contributed by atoms with Crippen molar-refractivity contribution >= 4 is 17.7 Å². The van der Waals surface area contributed by atoms with Gasteiger partial charge in [0.15, 0.2) is 11.5 Å². The maximum absolute atomic E-state index is 11.9. The van der Waals surface area contributed by atoms with E-state index in [0.717, 1.165) is 28.3 Å². The van der Waals surface area contributed by atoms with E-state index in [0.29, 0.717) is 5.56 Å². The second kappa shape index (κ2) is 4.13. The van der Waals surface area contributed by atoms with Crippen LogP contribution in [0.4, 0.5) is 0 Å². The van der Waals surface area contributed by atoms with Crippen molar-refractivity contribution in [3.8, 4) is 11.5 Å². The van der Waals surface area contributed by atoms with Crippen LogP contribution in [-0.2, 0) is 0 Å². The zero-order chi connectivity index (χ0) is 13.5. The molecule has 0 fully saturated rings. The van der Waals surface area contributed by atoms with Crippen LogP contribution < -0.4 is 14.8 Å². The summed E-state index contributed by atoms with van der Waals surface area (Å²) in [5, 5.41) is 2.89. The van der Waals surface area contributed by atoms with E-state index in [1.54, 1.807) is 0 Å². The summed E-state index contributed by atoms with van der Waals surface area (Å²) in [5.74, 6) is 1.42. The Kier molecular flexibility index (Phi) is 2.29. The maximum Gasteiger partial charge on any atom is 0.256 e. The number of amides is 1. The second-order valence-corrected chi connectivity index (χ2v) is 4.67. The van der Waals surface area contributed by atoms with Crippen molar-refractivity contribution < 1.29 is 14.3 Å². The monoisotopic (exact) mass is 265 g/mol. The minimum Gasteiger partial charge on any atom is -0.454 e. The highest BCUT2D eigenvalue weighted by Gasteiger charge is 2.22. The zero-order valence-corrected chi connectivity index (χ0v) is 10.6. The van der Waals surface area contributed by atoms with Gasteiger partial charge in [-0.1, -0.05) is 24.3 Å². The van der Waals surface area contributed by atoms with Crippen LogP contribution in [0.2, 0.25) is 0 Å². The van der Waals surface area contributed by atoms with Crippen molar-refractivity contribution in [2.24, 2.45) is 0 Å². The normalized spacial score (nSPS) is 17.2. The van der Waals surface area contributed by atoms with Gasteiger partial charge in [0.1, 0.15) is 0 Å². The minimum atomic E-state index is -0.0624. The molecule has 4 rings (SSSR count). The number of benzene rings is 2. The Hall–Kier alpha value is -2.75. The van der Waals surface area contributed by atoms with Crippen LogP contribution in [0.15, 0.2) is 42.5 Å². The number of nitrogens with one attached hydrogen (secondary N) is 1. The zero-order valence-electron chi connectivity index (χ0n) is 10.6. The van der Waals surface area contributed by atoms with Gasteiger partial charge in [0.2, 0.25) is 6.79 Å².